The van der Waals surface area contributed by atoms with Gasteiger partial charge in [-0.2, -0.15) is 0 Å². The fourth-order valence-electron chi connectivity index (χ4n) is 2.57. The van der Waals surface area contributed by atoms with Gasteiger partial charge in [0.1, 0.15) is 0 Å². The lowest BCUT2D eigenvalue weighted by molar-refractivity contribution is 0.401. The van der Waals surface area contributed by atoms with Crippen LogP contribution in [0, 0.1) is 17.8 Å². The van der Waals surface area contributed by atoms with Gasteiger partial charge in [-0.1, -0.05) is 6.92 Å². The standard InChI is InChI=1S/C13H26N2O2S/c1-2-7-14-8-9-18(16,17)15-10-13(11-3-4-11)12-5-6-12/h11-15H,2-10H2,1H3. The van der Waals surface area contributed by atoms with Crippen molar-refractivity contribution in [2.24, 2.45) is 17.8 Å². The van der Waals surface area contributed by atoms with E-state index in [9.17, 15) is 8.42 Å². The highest BCUT2D eigenvalue weighted by Crippen LogP contribution is 2.48. The van der Waals surface area contributed by atoms with Crippen molar-refractivity contribution in [3.8, 4) is 0 Å². The SMILES string of the molecule is CCCNCCS(=O)(=O)NCC(C1CC1)C1CC1. The third-order valence-corrected chi connectivity index (χ3v) is 5.32. The van der Waals surface area contributed by atoms with Crippen LogP contribution in [0.4, 0.5) is 0 Å². The zero-order chi connectivity index (χ0) is 13.0. The zero-order valence-corrected chi connectivity index (χ0v) is 12.1. The Morgan fingerprint density at radius 3 is 2.22 bits per heavy atom. The molecule has 2 rings (SSSR count). The predicted octanol–water partition coefficient (Wildman–Crippen LogP) is 1.34. The van der Waals surface area contributed by atoms with Crippen molar-refractivity contribution < 1.29 is 8.42 Å². The molecule has 2 aliphatic rings. The van der Waals surface area contributed by atoms with Gasteiger partial charge in [-0.3, -0.25) is 0 Å². The third kappa shape index (κ3) is 4.86. The minimum Gasteiger partial charge on any atom is -0.316 e. The molecule has 0 amide bonds. The summed E-state index contributed by atoms with van der Waals surface area (Å²) in [6, 6.07) is 0. The lowest BCUT2D eigenvalue weighted by atomic mass is 9.99. The summed E-state index contributed by atoms with van der Waals surface area (Å²) in [4.78, 5) is 0. The highest BCUT2D eigenvalue weighted by molar-refractivity contribution is 7.89. The van der Waals surface area contributed by atoms with E-state index in [0.29, 0.717) is 19.0 Å². The van der Waals surface area contributed by atoms with Crippen LogP contribution in [0.3, 0.4) is 0 Å². The van der Waals surface area contributed by atoms with Crippen molar-refractivity contribution in [3.63, 3.8) is 0 Å². The van der Waals surface area contributed by atoms with Crippen LogP contribution in [0.1, 0.15) is 39.0 Å². The first-order valence-corrected chi connectivity index (χ1v) is 8.95. The average molecular weight is 274 g/mol. The van der Waals surface area contributed by atoms with Crippen LogP contribution in [0.25, 0.3) is 0 Å². The first kappa shape index (κ1) is 14.3. The fraction of sp³-hybridized carbons (Fsp3) is 1.00. The molecule has 2 N–H and O–H groups in total. The summed E-state index contributed by atoms with van der Waals surface area (Å²) < 4.78 is 26.5. The highest BCUT2D eigenvalue weighted by atomic mass is 32.2. The summed E-state index contributed by atoms with van der Waals surface area (Å²) in [5, 5.41) is 3.13. The van der Waals surface area contributed by atoms with Crippen LogP contribution >= 0.6 is 0 Å². The first-order chi connectivity index (χ1) is 8.62. The summed E-state index contributed by atoms with van der Waals surface area (Å²) >= 11 is 0. The molecular weight excluding hydrogens is 248 g/mol. The van der Waals surface area contributed by atoms with Crippen molar-refractivity contribution in [2.75, 3.05) is 25.4 Å². The quantitative estimate of drug-likeness (QED) is 0.591. The Labute approximate surface area is 111 Å². The molecule has 0 atom stereocenters. The van der Waals surface area contributed by atoms with E-state index in [-0.39, 0.29) is 5.75 Å². The van der Waals surface area contributed by atoms with Gasteiger partial charge in [0.05, 0.1) is 5.75 Å². The molecule has 0 spiro atoms. The molecule has 0 saturated heterocycles. The Bertz CT molecular complexity index is 336. The van der Waals surface area contributed by atoms with Gasteiger partial charge in [0.15, 0.2) is 0 Å². The maximum absolute atomic E-state index is 11.8. The van der Waals surface area contributed by atoms with Gasteiger partial charge >= 0.3 is 0 Å². The van der Waals surface area contributed by atoms with Gasteiger partial charge in [-0.15, -0.1) is 0 Å². The molecule has 5 heteroatoms. The third-order valence-electron chi connectivity index (χ3n) is 3.97. The Morgan fingerprint density at radius 1 is 1.11 bits per heavy atom. The second-order valence-electron chi connectivity index (χ2n) is 5.76. The van der Waals surface area contributed by atoms with Crippen molar-refractivity contribution in [2.45, 2.75) is 39.0 Å². The number of hydrogen-bond acceptors (Lipinski definition) is 3. The molecule has 0 aromatic carbocycles. The van der Waals surface area contributed by atoms with Gasteiger partial charge < -0.3 is 5.32 Å². The van der Waals surface area contributed by atoms with E-state index < -0.39 is 10.0 Å². The normalized spacial score (nSPS) is 20.6. The second kappa shape index (κ2) is 6.35. The van der Waals surface area contributed by atoms with Crippen LogP contribution < -0.4 is 10.0 Å². The van der Waals surface area contributed by atoms with Gasteiger partial charge in [-0.25, -0.2) is 13.1 Å². The van der Waals surface area contributed by atoms with Crippen molar-refractivity contribution in [1.29, 1.82) is 0 Å². The van der Waals surface area contributed by atoms with E-state index in [4.69, 9.17) is 0 Å². The average Bonchev–Trinajstić information content (AvgIpc) is 3.15. The molecule has 0 heterocycles. The molecular formula is C13H26N2O2S. The molecule has 0 aromatic heterocycles. The predicted molar refractivity (Wildman–Crippen MR) is 73.9 cm³/mol. The minimum absolute atomic E-state index is 0.203. The van der Waals surface area contributed by atoms with E-state index in [2.05, 4.69) is 17.0 Å². The molecule has 0 radical (unpaired) electrons. The molecule has 2 aliphatic carbocycles. The summed E-state index contributed by atoms with van der Waals surface area (Å²) in [6.07, 6.45) is 6.27. The molecule has 0 unspecified atom stereocenters. The largest absolute Gasteiger partial charge is 0.316 e. The maximum atomic E-state index is 11.8. The molecule has 2 fully saturated rings. The van der Waals surface area contributed by atoms with E-state index in [0.717, 1.165) is 24.8 Å². The first-order valence-electron chi connectivity index (χ1n) is 7.30. The summed E-state index contributed by atoms with van der Waals surface area (Å²) in [7, 11) is -3.08. The Kier molecular flexibility index (Phi) is 5.04. The number of rotatable bonds is 10. The van der Waals surface area contributed by atoms with Gasteiger partial charge in [0, 0.05) is 13.1 Å². The molecule has 106 valence electrons. The van der Waals surface area contributed by atoms with Crippen LogP contribution in [-0.4, -0.2) is 33.8 Å². The molecule has 0 bridgehead atoms. The Morgan fingerprint density at radius 2 is 1.72 bits per heavy atom. The fourth-order valence-corrected chi connectivity index (χ4v) is 3.57. The van der Waals surface area contributed by atoms with Gasteiger partial charge in [0.25, 0.3) is 0 Å². The van der Waals surface area contributed by atoms with Crippen molar-refractivity contribution >= 4 is 10.0 Å². The lowest BCUT2D eigenvalue weighted by Crippen LogP contribution is -2.36. The topological polar surface area (TPSA) is 58.2 Å². The Balaban J connectivity index is 1.66. The number of hydrogen-bond donors (Lipinski definition) is 2. The highest BCUT2D eigenvalue weighted by Gasteiger charge is 2.41. The van der Waals surface area contributed by atoms with Crippen LogP contribution in [0.15, 0.2) is 0 Å². The summed E-state index contributed by atoms with van der Waals surface area (Å²) in [5.41, 5.74) is 0. The Hall–Kier alpha value is -0.130. The number of sulfonamides is 1. The molecule has 0 aliphatic heterocycles. The van der Waals surface area contributed by atoms with Crippen LogP contribution in [-0.2, 0) is 10.0 Å². The van der Waals surface area contributed by atoms with Crippen LogP contribution in [0.5, 0.6) is 0 Å². The molecule has 0 aromatic rings. The van der Waals surface area contributed by atoms with E-state index in [1.54, 1.807) is 0 Å². The van der Waals surface area contributed by atoms with Crippen molar-refractivity contribution in [3.05, 3.63) is 0 Å². The smallest absolute Gasteiger partial charge is 0.212 e. The molecule has 4 nitrogen and oxygen atoms in total. The monoisotopic (exact) mass is 274 g/mol. The minimum atomic E-state index is -3.08. The van der Waals surface area contributed by atoms with Gasteiger partial charge in [0.2, 0.25) is 10.0 Å². The van der Waals surface area contributed by atoms with E-state index in [1.807, 2.05) is 0 Å². The van der Waals surface area contributed by atoms with Crippen LogP contribution in [0.2, 0.25) is 0 Å². The van der Waals surface area contributed by atoms with Gasteiger partial charge in [-0.05, 0) is 56.4 Å². The second-order valence-corrected chi connectivity index (χ2v) is 7.68. The zero-order valence-electron chi connectivity index (χ0n) is 11.3. The molecule has 2 saturated carbocycles. The van der Waals surface area contributed by atoms with E-state index in [1.165, 1.54) is 25.7 Å². The summed E-state index contributed by atoms with van der Waals surface area (Å²) in [5.74, 6) is 2.43. The molecule has 18 heavy (non-hydrogen) atoms. The van der Waals surface area contributed by atoms with Crippen molar-refractivity contribution in [1.82, 2.24) is 10.0 Å². The maximum Gasteiger partial charge on any atom is 0.212 e. The number of nitrogens with one attached hydrogen (secondary N) is 2. The lowest BCUT2D eigenvalue weighted by Gasteiger charge is -2.16. The summed E-state index contributed by atoms with van der Waals surface area (Å²) in [6.45, 7) is 4.20. The van der Waals surface area contributed by atoms with E-state index >= 15 is 0 Å².